The quantitative estimate of drug-likeness (QED) is 0.909. The summed E-state index contributed by atoms with van der Waals surface area (Å²) in [6, 6.07) is 6.41. The van der Waals surface area contributed by atoms with Gasteiger partial charge in [-0.3, -0.25) is 0 Å². The number of halogens is 4. The van der Waals surface area contributed by atoms with Crippen LogP contribution in [-0.4, -0.2) is 26.4 Å². The monoisotopic (exact) mass is 307 g/mol. The van der Waals surface area contributed by atoms with Gasteiger partial charge in [0.1, 0.15) is 18.0 Å². The van der Waals surface area contributed by atoms with Crippen LogP contribution < -0.4 is 5.32 Å². The zero-order chi connectivity index (χ0) is 14.8. The van der Waals surface area contributed by atoms with Gasteiger partial charge in [0.2, 0.25) is 0 Å². The number of nitrogens with one attached hydrogen (secondary N) is 1. The highest BCUT2D eigenvalue weighted by Crippen LogP contribution is 2.27. The SMILES string of the molecule is CNC(COCC(F)(F)F)c1cc2cc(Cl)ccc2o1. The summed E-state index contributed by atoms with van der Waals surface area (Å²) in [5.74, 6) is 0.506. The van der Waals surface area contributed by atoms with Crippen LogP contribution in [0.2, 0.25) is 5.02 Å². The van der Waals surface area contributed by atoms with E-state index < -0.39 is 18.8 Å². The molecule has 0 spiro atoms. The Morgan fingerprint density at radius 2 is 2.10 bits per heavy atom. The molecule has 20 heavy (non-hydrogen) atoms. The first kappa shape index (κ1) is 15.2. The summed E-state index contributed by atoms with van der Waals surface area (Å²) in [6.45, 7) is -1.42. The van der Waals surface area contributed by atoms with Crippen molar-refractivity contribution in [2.24, 2.45) is 0 Å². The molecule has 0 saturated carbocycles. The molecule has 0 aliphatic heterocycles. The second-order valence-corrected chi connectivity index (χ2v) is 4.74. The van der Waals surface area contributed by atoms with Crippen LogP contribution in [0.3, 0.4) is 0 Å². The molecule has 110 valence electrons. The van der Waals surface area contributed by atoms with Crippen molar-refractivity contribution in [1.29, 1.82) is 0 Å². The zero-order valence-electron chi connectivity index (χ0n) is 10.6. The highest BCUT2D eigenvalue weighted by Gasteiger charge is 2.28. The number of likely N-dealkylation sites (N-methyl/N-ethyl adjacent to an activating group) is 1. The Morgan fingerprint density at radius 3 is 2.75 bits per heavy atom. The van der Waals surface area contributed by atoms with Gasteiger partial charge in [-0.1, -0.05) is 11.6 Å². The van der Waals surface area contributed by atoms with Gasteiger partial charge in [0.15, 0.2) is 0 Å². The van der Waals surface area contributed by atoms with Crippen LogP contribution in [0.15, 0.2) is 28.7 Å². The molecule has 2 rings (SSSR count). The maximum Gasteiger partial charge on any atom is 0.411 e. The van der Waals surface area contributed by atoms with Crippen molar-refractivity contribution in [2.45, 2.75) is 12.2 Å². The van der Waals surface area contributed by atoms with Crippen LogP contribution in [0, 0.1) is 0 Å². The fourth-order valence-electron chi connectivity index (χ4n) is 1.81. The third kappa shape index (κ3) is 3.88. The van der Waals surface area contributed by atoms with Crippen molar-refractivity contribution in [3.63, 3.8) is 0 Å². The first-order chi connectivity index (χ1) is 9.39. The summed E-state index contributed by atoms with van der Waals surface area (Å²) < 4.78 is 46.4. The Bertz CT molecular complexity index is 582. The van der Waals surface area contributed by atoms with E-state index in [2.05, 4.69) is 10.1 Å². The molecule has 3 nitrogen and oxygen atoms in total. The summed E-state index contributed by atoms with van der Waals surface area (Å²) in [5, 5.41) is 4.22. The second-order valence-electron chi connectivity index (χ2n) is 4.30. The average Bonchev–Trinajstić information content (AvgIpc) is 2.75. The minimum absolute atomic E-state index is 0.135. The van der Waals surface area contributed by atoms with E-state index in [1.807, 2.05) is 0 Å². The van der Waals surface area contributed by atoms with Crippen molar-refractivity contribution >= 4 is 22.6 Å². The highest BCUT2D eigenvalue weighted by molar-refractivity contribution is 6.31. The molecule has 1 aromatic carbocycles. The van der Waals surface area contributed by atoms with Crippen LogP contribution in [0.25, 0.3) is 11.0 Å². The minimum atomic E-state index is -4.33. The Hall–Kier alpha value is -1.24. The number of furan rings is 1. The van der Waals surface area contributed by atoms with Crippen molar-refractivity contribution in [3.8, 4) is 0 Å². The minimum Gasteiger partial charge on any atom is -0.459 e. The Kier molecular flexibility index (Phi) is 4.57. The number of alkyl halides is 3. The van der Waals surface area contributed by atoms with E-state index in [1.165, 1.54) is 0 Å². The number of benzene rings is 1. The molecule has 7 heteroatoms. The lowest BCUT2D eigenvalue weighted by molar-refractivity contribution is -0.175. The topological polar surface area (TPSA) is 34.4 Å². The fraction of sp³-hybridized carbons (Fsp3) is 0.385. The van der Waals surface area contributed by atoms with Crippen molar-refractivity contribution in [2.75, 3.05) is 20.3 Å². The molecule has 1 N–H and O–H groups in total. The van der Waals surface area contributed by atoms with E-state index in [1.54, 1.807) is 31.3 Å². The van der Waals surface area contributed by atoms with Gasteiger partial charge in [-0.25, -0.2) is 0 Å². The molecule has 0 amide bonds. The van der Waals surface area contributed by atoms with E-state index >= 15 is 0 Å². The number of hydrogen-bond donors (Lipinski definition) is 1. The van der Waals surface area contributed by atoms with E-state index in [0.717, 1.165) is 5.39 Å². The summed E-state index contributed by atoms with van der Waals surface area (Å²) in [6.07, 6.45) is -4.33. The van der Waals surface area contributed by atoms with E-state index in [0.29, 0.717) is 16.4 Å². The van der Waals surface area contributed by atoms with Crippen LogP contribution >= 0.6 is 11.6 Å². The zero-order valence-corrected chi connectivity index (χ0v) is 11.4. The molecule has 0 fully saturated rings. The van der Waals surface area contributed by atoms with Gasteiger partial charge < -0.3 is 14.5 Å². The molecule has 0 bridgehead atoms. The van der Waals surface area contributed by atoms with Crippen LogP contribution in [0.1, 0.15) is 11.8 Å². The van der Waals surface area contributed by atoms with Gasteiger partial charge >= 0.3 is 6.18 Å². The second kappa shape index (κ2) is 6.03. The van der Waals surface area contributed by atoms with E-state index in [9.17, 15) is 13.2 Å². The predicted molar refractivity (Wildman–Crippen MR) is 69.9 cm³/mol. The van der Waals surface area contributed by atoms with Gasteiger partial charge in [0.05, 0.1) is 12.6 Å². The largest absolute Gasteiger partial charge is 0.459 e. The van der Waals surface area contributed by atoms with Gasteiger partial charge in [-0.15, -0.1) is 0 Å². The Labute approximate surface area is 118 Å². The van der Waals surface area contributed by atoms with Gasteiger partial charge in [-0.2, -0.15) is 13.2 Å². The van der Waals surface area contributed by atoms with Crippen molar-refractivity contribution < 1.29 is 22.3 Å². The lowest BCUT2D eigenvalue weighted by Crippen LogP contribution is -2.25. The number of fused-ring (bicyclic) bond motifs is 1. The Balaban J connectivity index is 2.09. The lowest BCUT2D eigenvalue weighted by atomic mass is 10.2. The van der Waals surface area contributed by atoms with Gasteiger partial charge in [0, 0.05) is 10.4 Å². The van der Waals surface area contributed by atoms with Gasteiger partial charge in [0.25, 0.3) is 0 Å². The number of ether oxygens (including phenoxy) is 1. The lowest BCUT2D eigenvalue weighted by Gasteiger charge is -2.14. The van der Waals surface area contributed by atoms with Crippen LogP contribution in [-0.2, 0) is 4.74 Å². The molecule has 0 aliphatic rings. The molecule has 1 heterocycles. The first-order valence-electron chi connectivity index (χ1n) is 5.90. The van der Waals surface area contributed by atoms with Crippen molar-refractivity contribution in [1.82, 2.24) is 5.32 Å². The summed E-state index contributed by atoms with van der Waals surface area (Å²) in [7, 11) is 1.63. The summed E-state index contributed by atoms with van der Waals surface area (Å²) in [4.78, 5) is 0. The maximum absolute atomic E-state index is 12.0. The predicted octanol–water partition coefficient (Wildman–Crippen LogP) is 3.93. The molecule has 0 saturated heterocycles. The molecule has 2 aromatic rings. The number of rotatable bonds is 5. The first-order valence-corrected chi connectivity index (χ1v) is 6.27. The maximum atomic E-state index is 12.0. The fourth-order valence-corrected chi connectivity index (χ4v) is 1.99. The molecule has 1 atom stereocenters. The Morgan fingerprint density at radius 1 is 1.35 bits per heavy atom. The van der Waals surface area contributed by atoms with Crippen LogP contribution in [0.5, 0.6) is 0 Å². The van der Waals surface area contributed by atoms with Crippen LogP contribution in [0.4, 0.5) is 13.2 Å². The van der Waals surface area contributed by atoms with Gasteiger partial charge in [-0.05, 0) is 31.3 Å². The normalized spacial score (nSPS) is 13.8. The van der Waals surface area contributed by atoms with E-state index in [4.69, 9.17) is 16.0 Å². The third-order valence-electron chi connectivity index (χ3n) is 2.74. The molecule has 0 radical (unpaired) electrons. The third-order valence-corrected chi connectivity index (χ3v) is 2.97. The summed E-state index contributed by atoms with van der Waals surface area (Å²) >= 11 is 5.87. The average molecular weight is 308 g/mol. The molecule has 1 aromatic heterocycles. The molecule has 0 aliphatic carbocycles. The molecule has 1 unspecified atom stereocenters. The summed E-state index contributed by atoms with van der Waals surface area (Å²) in [5.41, 5.74) is 0.625. The van der Waals surface area contributed by atoms with Crippen molar-refractivity contribution in [3.05, 3.63) is 35.0 Å². The molecular weight excluding hydrogens is 295 g/mol. The standard InChI is InChI=1S/C13H13ClF3NO2/c1-18-10(6-19-7-13(15,16)17)12-5-8-4-9(14)2-3-11(8)20-12/h2-5,10,18H,6-7H2,1H3. The van der Waals surface area contributed by atoms with E-state index in [-0.39, 0.29) is 6.61 Å². The highest BCUT2D eigenvalue weighted by atomic mass is 35.5. The number of hydrogen-bond acceptors (Lipinski definition) is 3. The molecular formula is C13H13ClF3NO2. The smallest absolute Gasteiger partial charge is 0.411 e.